The van der Waals surface area contributed by atoms with E-state index in [0.717, 1.165) is 5.56 Å². The van der Waals surface area contributed by atoms with Gasteiger partial charge in [0.2, 0.25) is 0 Å². The van der Waals surface area contributed by atoms with Crippen molar-refractivity contribution < 1.29 is 19.1 Å². The molecule has 3 rings (SSSR count). The van der Waals surface area contributed by atoms with Crippen molar-refractivity contribution >= 4 is 17.8 Å². The molecule has 0 atom stereocenters. The second kappa shape index (κ2) is 9.70. The van der Waals surface area contributed by atoms with Crippen molar-refractivity contribution in [1.82, 2.24) is 0 Å². The molecule has 0 N–H and O–H groups in total. The van der Waals surface area contributed by atoms with Crippen LogP contribution in [0.1, 0.15) is 51.6 Å². The minimum atomic E-state index is -0.471. The number of benzene rings is 3. The Kier molecular flexibility index (Phi) is 6.81. The molecule has 4 nitrogen and oxygen atoms in total. The summed E-state index contributed by atoms with van der Waals surface area (Å²) in [6.07, 6.45) is 3.34. The molecular formula is C26H24O4. The Morgan fingerprint density at radius 2 is 1.33 bits per heavy atom. The van der Waals surface area contributed by atoms with Gasteiger partial charge in [0, 0.05) is 5.56 Å². The number of esters is 1. The smallest absolute Gasteiger partial charge is 0.343 e. The van der Waals surface area contributed by atoms with Gasteiger partial charge in [0.05, 0.1) is 12.7 Å². The number of carbonyl (C=O) groups excluding carboxylic acids is 2. The highest BCUT2D eigenvalue weighted by atomic mass is 16.5. The molecule has 0 aliphatic rings. The molecule has 30 heavy (non-hydrogen) atoms. The Labute approximate surface area is 176 Å². The van der Waals surface area contributed by atoms with E-state index in [9.17, 15) is 9.59 Å². The maximum atomic E-state index is 12.4. The number of allylic oxidation sites excluding steroid dienone is 1. The second-order valence-electron chi connectivity index (χ2n) is 7.16. The number of rotatable bonds is 7. The predicted octanol–water partition coefficient (Wildman–Crippen LogP) is 5.93. The monoisotopic (exact) mass is 400 g/mol. The van der Waals surface area contributed by atoms with E-state index in [4.69, 9.17) is 9.47 Å². The van der Waals surface area contributed by atoms with Gasteiger partial charge < -0.3 is 9.47 Å². The first-order valence-corrected chi connectivity index (χ1v) is 9.75. The molecule has 0 saturated carbocycles. The zero-order valence-corrected chi connectivity index (χ0v) is 17.3. The van der Waals surface area contributed by atoms with Gasteiger partial charge in [-0.05, 0) is 71.7 Å². The van der Waals surface area contributed by atoms with Crippen molar-refractivity contribution in [3.8, 4) is 11.5 Å². The highest BCUT2D eigenvalue weighted by Gasteiger charge is 2.09. The summed E-state index contributed by atoms with van der Waals surface area (Å²) in [5, 5.41) is 0. The first kappa shape index (κ1) is 21.1. The van der Waals surface area contributed by atoms with Gasteiger partial charge in [0.1, 0.15) is 11.5 Å². The fourth-order valence-electron chi connectivity index (χ4n) is 2.84. The maximum Gasteiger partial charge on any atom is 0.343 e. The van der Waals surface area contributed by atoms with Crippen molar-refractivity contribution in [3.63, 3.8) is 0 Å². The lowest BCUT2D eigenvalue weighted by Crippen LogP contribution is -2.08. The molecule has 0 heterocycles. The van der Waals surface area contributed by atoms with Crippen LogP contribution in [0.25, 0.3) is 6.08 Å². The number of hydrogen-bond donors (Lipinski definition) is 0. The average molecular weight is 400 g/mol. The molecule has 4 heteroatoms. The van der Waals surface area contributed by atoms with E-state index < -0.39 is 5.97 Å². The van der Waals surface area contributed by atoms with E-state index in [1.807, 2.05) is 12.1 Å². The molecule has 0 aliphatic heterocycles. The van der Waals surface area contributed by atoms with Gasteiger partial charge in [0.25, 0.3) is 0 Å². The van der Waals surface area contributed by atoms with E-state index in [1.54, 1.807) is 67.8 Å². The van der Waals surface area contributed by atoms with Gasteiger partial charge >= 0.3 is 5.97 Å². The van der Waals surface area contributed by atoms with Crippen LogP contribution in [0.3, 0.4) is 0 Å². The Balaban J connectivity index is 1.61. The van der Waals surface area contributed by atoms with E-state index in [0.29, 0.717) is 28.5 Å². The third kappa shape index (κ3) is 5.45. The largest absolute Gasteiger partial charge is 0.497 e. The van der Waals surface area contributed by atoms with Crippen LogP contribution in [0.15, 0.2) is 78.9 Å². The molecular weight excluding hydrogens is 376 g/mol. The SMILES string of the molecule is COc1ccc(C(=O)Oc2ccc(C(=O)C=Cc3ccc(C(C)C)cc3)cc2)cc1. The molecule has 0 bridgehead atoms. The number of methoxy groups -OCH3 is 1. The Morgan fingerprint density at radius 1 is 0.767 bits per heavy atom. The number of ketones is 1. The van der Waals surface area contributed by atoms with Gasteiger partial charge in [-0.1, -0.05) is 44.2 Å². The van der Waals surface area contributed by atoms with Crippen molar-refractivity contribution in [2.45, 2.75) is 19.8 Å². The quantitative estimate of drug-likeness (QED) is 0.213. The van der Waals surface area contributed by atoms with Crippen LogP contribution in [0, 0.1) is 0 Å². The van der Waals surface area contributed by atoms with Crippen LogP contribution in [0.5, 0.6) is 11.5 Å². The topological polar surface area (TPSA) is 52.6 Å². The molecule has 152 valence electrons. The summed E-state index contributed by atoms with van der Waals surface area (Å²) in [6, 6.07) is 21.3. The molecule has 3 aromatic carbocycles. The molecule has 0 fully saturated rings. The third-order valence-electron chi connectivity index (χ3n) is 4.71. The van der Waals surface area contributed by atoms with Crippen LogP contribution in [-0.2, 0) is 0 Å². The van der Waals surface area contributed by atoms with E-state index in [-0.39, 0.29) is 5.78 Å². The summed E-state index contributed by atoms with van der Waals surface area (Å²) in [5.74, 6) is 0.929. The van der Waals surface area contributed by atoms with Gasteiger partial charge in [0.15, 0.2) is 5.78 Å². The van der Waals surface area contributed by atoms with E-state index in [2.05, 4.69) is 26.0 Å². The first-order chi connectivity index (χ1) is 14.5. The first-order valence-electron chi connectivity index (χ1n) is 9.75. The summed E-state index contributed by atoms with van der Waals surface area (Å²) in [5.41, 5.74) is 3.17. The molecule has 0 aliphatic carbocycles. The fourth-order valence-corrected chi connectivity index (χ4v) is 2.84. The fraction of sp³-hybridized carbons (Fsp3) is 0.154. The van der Waals surface area contributed by atoms with Gasteiger partial charge in [-0.3, -0.25) is 4.79 Å². The minimum absolute atomic E-state index is 0.115. The Hall–Kier alpha value is -3.66. The average Bonchev–Trinajstić information content (AvgIpc) is 2.78. The van der Waals surface area contributed by atoms with Gasteiger partial charge in [-0.25, -0.2) is 4.79 Å². The van der Waals surface area contributed by atoms with E-state index >= 15 is 0 Å². The zero-order chi connectivity index (χ0) is 21.5. The number of carbonyl (C=O) groups is 2. The van der Waals surface area contributed by atoms with Crippen molar-refractivity contribution in [1.29, 1.82) is 0 Å². The number of ether oxygens (including phenoxy) is 2. The lowest BCUT2D eigenvalue weighted by atomic mass is 10.0. The molecule has 0 spiro atoms. The molecule has 0 unspecified atom stereocenters. The lowest BCUT2D eigenvalue weighted by molar-refractivity contribution is 0.0734. The zero-order valence-electron chi connectivity index (χ0n) is 17.3. The lowest BCUT2D eigenvalue weighted by Gasteiger charge is -2.06. The summed E-state index contributed by atoms with van der Waals surface area (Å²) in [6.45, 7) is 4.29. The normalized spacial score (nSPS) is 10.9. The second-order valence-corrected chi connectivity index (χ2v) is 7.16. The summed E-state index contributed by atoms with van der Waals surface area (Å²) < 4.78 is 10.4. The van der Waals surface area contributed by atoms with Crippen molar-refractivity contribution in [2.24, 2.45) is 0 Å². The van der Waals surface area contributed by atoms with Crippen LogP contribution < -0.4 is 9.47 Å². The Morgan fingerprint density at radius 3 is 1.90 bits per heavy atom. The van der Waals surface area contributed by atoms with Crippen LogP contribution >= 0.6 is 0 Å². The van der Waals surface area contributed by atoms with Crippen LogP contribution in [0.4, 0.5) is 0 Å². The molecule has 0 saturated heterocycles. The Bertz CT molecular complexity index is 1030. The highest BCUT2D eigenvalue weighted by molar-refractivity contribution is 6.06. The van der Waals surface area contributed by atoms with Gasteiger partial charge in [-0.2, -0.15) is 0 Å². The van der Waals surface area contributed by atoms with Crippen molar-refractivity contribution in [3.05, 3.63) is 101 Å². The van der Waals surface area contributed by atoms with Crippen LogP contribution in [0.2, 0.25) is 0 Å². The minimum Gasteiger partial charge on any atom is -0.497 e. The van der Waals surface area contributed by atoms with Crippen LogP contribution in [-0.4, -0.2) is 18.9 Å². The summed E-state index contributed by atoms with van der Waals surface area (Å²) in [7, 11) is 1.56. The highest BCUT2D eigenvalue weighted by Crippen LogP contribution is 2.18. The summed E-state index contributed by atoms with van der Waals surface area (Å²) >= 11 is 0. The van der Waals surface area contributed by atoms with Gasteiger partial charge in [-0.15, -0.1) is 0 Å². The van der Waals surface area contributed by atoms with Crippen molar-refractivity contribution in [2.75, 3.05) is 7.11 Å². The standard InChI is InChI=1S/C26H24O4/c1-18(2)20-7-4-19(5-8-20)6-17-25(27)21-9-15-24(16-10-21)30-26(28)22-11-13-23(29-3)14-12-22/h4-18H,1-3H3. The molecule has 0 amide bonds. The summed E-state index contributed by atoms with van der Waals surface area (Å²) in [4.78, 5) is 24.6. The molecule has 0 radical (unpaired) electrons. The number of hydrogen-bond acceptors (Lipinski definition) is 4. The molecule has 3 aromatic rings. The maximum absolute atomic E-state index is 12.4. The van der Waals surface area contributed by atoms with E-state index in [1.165, 1.54) is 5.56 Å². The third-order valence-corrected chi connectivity index (χ3v) is 4.71. The molecule has 0 aromatic heterocycles. The predicted molar refractivity (Wildman–Crippen MR) is 118 cm³/mol.